The van der Waals surface area contributed by atoms with Crippen LogP contribution in [-0.2, 0) is 4.79 Å². The van der Waals surface area contributed by atoms with Gasteiger partial charge in [-0.3, -0.25) is 4.79 Å². The molecule has 0 aromatic heterocycles. The number of carbonyl (C=O) groups is 1. The van der Waals surface area contributed by atoms with E-state index in [1.54, 1.807) is 6.92 Å². The number of benzene rings is 3. The third-order valence-corrected chi connectivity index (χ3v) is 13.8. The zero-order valence-corrected chi connectivity index (χ0v) is 23.1. The minimum absolute atomic E-state index is 0.0166. The Balaban J connectivity index is 2.05. The molecule has 1 atom stereocenters. The molecule has 3 rings (SSSR count). The monoisotopic (exact) mass is 483 g/mol. The first-order valence-corrected chi connectivity index (χ1v) is 18.2. The Labute approximate surface area is 207 Å². The number of carbonyl (C=O) groups excluding carboxylic acids is 1. The topological polar surface area (TPSA) is 29.1 Å². The minimum atomic E-state index is -1.96. The minimum Gasteiger partial charge on any atom is -0.347 e. The van der Waals surface area contributed by atoms with Gasteiger partial charge in [-0.05, 0) is 11.6 Å². The summed E-state index contributed by atoms with van der Waals surface area (Å²) in [6, 6.07) is 33.0. The molecule has 0 bridgehead atoms. The number of hydrogen-bond donors (Lipinski definition) is 1. The number of hydrogen-bond acceptors (Lipinski definition) is 1. The second-order valence-electron chi connectivity index (χ2n) is 10.1. The first kappa shape index (κ1) is 25.7. The largest absolute Gasteiger partial charge is 0.347 e. The normalized spacial score (nSPS) is 13.6. The highest BCUT2D eigenvalue weighted by Gasteiger charge is 2.34. The summed E-state index contributed by atoms with van der Waals surface area (Å²) in [5.41, 5.74) is 1.13. The summed E-state index contributed by atoms with van der Waals surface area (Å²) in [4.78, 5) is 12.1. The maximum Gasteiger partial charge on any atom is 0.217 e. The van der Waals surface area contributed by atoms with Gasteiger partial charge in [0.1, 0.15) is 8.07 Å². The van der Waals surface area contributed by atoms with E-state index in [9.17, 15) is 4.79 Å². The van der Waals surface area contributed by atoms with E-state index in [0.717, 1.165) is 11.6 Å². The van der Waals surface area contributed by atoms with E-state index in [4.69, 9.17) is 0 Å². The van der Waals surface area contributed by atoms with Gasteiger partial charge < -0.3 is 5.32 Å². The van der Waals surface area contributed by atoms with Crippen LogP contribution in [0.2, 0.25) is 32.2 Å². The van der Waals surface area contributed by atoms with E-state index >= 15 is 0 Å². The molecular formula is C30H37NOSi2. The molecule has 0 aliphatic carbocycles. The fourth-order valence-electron chi connectivity index (χ4n) is 4.37. The first-order chi connectivity index (χ1) is 16.2. The van der Waals surface area contributed by atoms with Gasteiger partial charge in [-0.1, -0.05) is 151 Å². The molecule has 0 fully saturated rings. The van der Waals surface area contributed by atoms with Crippen LogP contribution in [0.3, 0.4) is 0 Å². The standard InChI is InChI=1S/C30H37NOSi2/c1-25(32)31-27(22-21-26-15-9-6-10-16-26)23-30(34(4,5)29-19-13-8-14-20-29)24-33(2,3)28-17-11-7-12-18-28/h6-23,27H,24H2,1-5H3,(H,31,32)/b22-21+,30-23?/t27-/m1/s1. The zero-order valence-electron chi connectivity index (χ0n) is 21.1. The maximum absolute atomic E-state index is 12.1. The van der Waals surface area contributed by atoms with E-state index in [1.165, 1.54) is 15.6 Å². The van der Waals surface area contributed by atoms with Crippen LogP contribution in [0, 0.1) is 0 Å². The van der Waals surface area contributed by atoms with Crippen molar-refractivity contribution in [3.05, 3.63) is 114 Å². The van der Waals surface area contributed by atoms with Crippen LogP contribution in [0.5, 0.6) is 0 Å². The summed E-state index contributed by atoms with van der Waals surface area (Å²) in [5.74, 6) is -0.0166. The van der Waals surface area contributed by atoms with Crippen molar-refractivity contribution in [2.75, 3.05) is 0 Å². The number of nitrogens with one attached hydrogen (secondary N) is 1. The van der Waals surface area contributed by atoms with Gasteiger partial charge in [-0.25, -0.2) is 0 Å². The van der Waals surface area contributed by atoms with Crippen LogP contribution >= 0.6 is 0 Å². The molecule has 176 valence electrons. The molecular weight excluding hydrogens is 447 g/mol. The molecule has 0 saturated carbocycles. The molecule has 0 radical (unpaired) electrons. The van der Waals surface area contributed by atoms with E-state index < -0.39 is 16.1 Å². The molecule has 0 saturated heterocycles. The van der Waals surface area contributed by atoms with E-state index in [2.05, 4.69) is 123 Å². The lowest BCUT2D eigenvalue weighted by Crippen LogP contribution is -2.50. The Morgan fingerprint density at radius 3 is 1.82 bits per heavy atom. The van der Waals surface area contributed by atoms with Crippen molar-refractivity contribution in [2.45, 2.75) is 45.2 Å². The third-order valence-electron chi connectivity index (χ3n) is 6.53. The van der Waals surface area contributed by atoms with E-state index in [0.29, 0.717) is 0 Å². The summed E-state index contributed by atoms with van der Waals surface area (Å²) in [6.07, 6.45) is 6.56. The van der Waals surface area contributed by atoms with Crippen LogP contribution in [0.1, 0.15) is 12.5 Å². The molecule has 34 heavy (non-hydrogen) atoms. The molecule has 3 aromatic carbocycles. The van der Waals surface area contributed by atoms with Crippen molar-refractivity contribution >= 4 is 38.5 Å². The van der Waals surface area contributed by atoms with Crippen LogP contribution < -0.4 is 15.7 Å². The van der Waals surface area contributed by atoms with E-state index in [1.807, 2.05) is 18.2 Å². The van der Waals surface area contributed by atoms with Crippen molar-refractivity contribution in [3.63, 3.8) is 0 Å². The molecule has 2 nitrogen and oxygen atoms in total. The lowest BCUT2D eigenvalue weighted by molar-refractivity contribution is -0.119. The fraction of sp³-hybridized carbons (Fsp3) is 0.233. The van der Waals surface area contributed by atoms with Crippen molar-refractivity contribution < 1.29 is 4.79 Å². The van der Waals surface area contributed by atoms with Gasteiger partial charge in [0.05, 0.1) is 14.1 Å². The van der Waals surface area contributed by atoms with Crippen LogP contribution in [0.15, 0.2) is 108 Å². The molecule has 0 aliphatic rings. The van der Waals surface area contributed by atoms with Gasteiger partial charge in [-0.2, -0.15) is 0 Å². The summed E-state index contributed by atoms with van der Waals surface area (Å²) in [5, 5.41) is 7.55. The average molecular weight is 484 g/mol. The summed E-state index contributed by atoms with van der Waals surface area (Å²) in [7, 11) is -3.71. The predicted molar refractivity (Wildman–Crippen MR) is 153 cm³/mol. The third kappa shape index (κ3) is 7.02. The van der Waals surface area contributed by atoms with Gasteiger partial charge in [0.2, 0.25) is 5.91 Å². The van der Waals surface area contributed by atoms with Gasteiger partial charge in [0.25, 0.3) is 0 Å². The molecule has 1 N–H and O–H groups in total. The van der Waals surface area contributed by atoms with E-state index in [-0.39, 0.29) is 11.9 Å². The SMILES string of the molecule is CC(=O)N[C@@H](C=C(C[Si](C)(C)c1ccccc1)[Si](C)(C)c1ccccc1)/C=C/c1ccccc1. The quantitative estimate of drug-likeness (QED) is 0.377. The maximum atomic E-state index is 12.1. The average Bonchev–Trinajstić information content (AvgIpc) is 2.83. The second-order valence-corrected chi connectivity index (χ2v) is 19.3. The van der Waals surface area contributed by atoms with Crippen molar-refractivity contribution in [3.8, 4) is 0 Å². The number of allylic oxidation sites excluding steroid dienone is 1. The lowest BCUT2D eigenvalue weighted by atomic mass is 10.1. The van der Waals surface area contributed by atoms with Crippen molar-refractivity contribution in [1.29, 1.82) is 0 Å². The van der Waals surface area contributed by atoms with Crippen molar-refractivity contribution in [2.24, 2.45) is 0 Å². The van der Waals surface area contributed by atoms with Crippen LogP contribution in [0.4, 0.5) is 0 Å². The molecule has 0 heterocycles. The fourth-order valence-corrected chi connectivity index (χ4v) is 11.8. The van der Waals surface area contributed by atoms with Gasteiger partial charge in [0, 0.05) is 6.92 Å². The highest BCUT2D eigenvalue weighted by atomic mass is 28.3. The molecule has 0 spiro atoms. The van der Waals surface area contributed by atoms with Crippen LogP contribution in [-0.4, -0.2) is 28.1 Å². The van der Waals surface area contributed by atoms with Crippen LogP contribution in [0.25, 0.3) is 6.08 Å². The molecule has 0 aliphatic heterocycles. The Morgan fingerprint density at radius 1 is 0.794 bits per heavy atom. The lowest BCUT2D eigenvalue weighted by Gasteiger charge is -2.34. The first-order valence-electron chi connectivity index (χ1n) is 12.0. The smallest absolute Gasteiger partial charge is 0.217 e. The van der Waals surface area contributed by atoms with Gasteiger partial charge in [0.15, 0.2) is 0 Å². The second kappa shape index (κ2) is 11.5. The number of amides is 1. The summed E-state index contributed by atoms with van der Waals surface area (Å²) in [6.45, 7) is 11.4. The highest BCUT2D eigenvalue weighted by Crippen LogP contribution is 2.26. The Morgan fingerprint density at radius 2 is 1.29 bits per heavy atom. The highest BCUT2D eigenvalue weighted by molar-refractivity contribution is 6.99. The predicted octanol–water partition coefficient (Wildman–Crippen LogP) is 5.90. The van der Waals surface area contributed by atoms with Gasteiger partial charge >= 0.3 is 0 Å². The molecule has 0 unspecified atom stereocenters. The molecule has 1 amide bonds. The summed E-state index contributed by atoms with van der Waals surface area (Å²) >= 11 is 0. The van der Waals surface area contributed by atoms with Gasteiger partial charge in [-0.15, -0.1) is 0 Å². The molecule has 4 heteroatoms. The van der Waals surface area contributed by atoms with Crippen molar-refractivity contribution in [1.82, 2.24) is 5.32 Å². The number of rotatable bonds is 9. The Bertz CT molecular complexity index is 1120. The Kier molecular flexibility index (Phi) is 8.64. The summed E-state index contributed by atoms with van der Waals surface area (Å²) < 4.78 is 0. The molecule has 3 aromatic rings. The zero-order chi connectivity index (χ0) is 24.6. The Hall–Kier alpha value is -2.96.